The van der Waals surface area contributed by atoms with Gasteiger partial charge in [-0.05, 0) is 30.7 Å². The highest BCUT2D eigenvalue weighted by Crippen LogP contribution is 2.28. The lowest BCUT2D eigenvalue weighted by atomic mass is 10.2. The first-order valence-corrected chi connectivity index (χ1v) is 6.09. The Morgan fingerprint density at radius 3 is 2.84 bits per heavy atom. The summed E-state index contributed by atoms with van der Waals surface area (Å²) >= 11 is 0. The predicted molar refractivity (Wildman–Crippen MR) is 76.4 cm³/mol. The van der Waals surface area contributed by atoms with Gasteiger partial charge in [-0.25, -0.2) is 0 Å². The van der Waals surface area contributed by atoms with Crippen LogP contribution in [0.15, 0.2) is 36.9 Å². The molecule has 0 spiro atoms. The average Bonchev–Trinajstić information content (AvgIpc) is 2.43. The molecule has 0 bridgehead atoms. The first-order chi connectivity index (χ1) is 9.21. The molecule has 102 valence electrons. The third-order valence-corrected chi connectivity index (χ3v) is 2.34. The van der Waals surface area contributed by atoms with E-state index >= 15 is 0 Å². The zero-order valence-corrected chi connectivity index (χ0v) is 11.3. The number of methoxy groups -OCH3 is 1. The van der Waals surface area contributed by atoms with Crippen molar-refractivity contribution < 1.29 is 14.3 Å². The van der Waals surface area contributed by atoms with Gasteiger partial charge in [0, 0.05) is 12.6 Å². The molecule has 0 unspecified atom stereocenters. The molecule has 0 aliphatic heterocycles. The largest absolute Gasteiger partial charge is 0.493 e. The van der Waals surface area contributed by atoms with Gasteiger partial charge in [0.15, 0.2) is 11.5 Å². The van der Waals surface area contributed by atoms with E-state index in [0.29, 0.717) is 24.7 Å². The molecule has 4 nitrogen and oxygen atoms in total. The zero-order valence-electron chi connectivity index (χ0n) is 11.3. The highest BCUT2D eigenvalue weighted by Gasteiger charge is 2.03. The van der Waals surface area contributed by atoms with Crippen LogP contribution >= 0.6 is 0 Å². The standard InChI is InChI=1S/C15H19NO3/c1-4-10-16-15(17)9-7-12-6-8-13(18-3)14(11-12)19-5-2/h4,6-9,11H,1,5,10H2,2-3H3,(H,16,17)/b9-7+. The number of hydrogen-bond acceptors (Lipinski definition) is 3. The van der Waals surface area contributed by atoms with E-state index < -0.39 is 0 Å². The van der Waals surface area contributed by atoms with Gasteiger partial charge in [0.1, 0.15) is 0 Å². The Bertz CT molecular complexity index is 466. The van der Waals surface area contributed by atoms with Gasteiger partial charge < -0.3 is 14.8 Å². The van der Waals surface area contributed by atoms with Gasteiger partial charge in [-0.2, -0.15) is 0 Å². The molecule has 0 saturated heterocycles. The molecule has 1 N–H and O–H groups in total. The van der Waals surface area contributed by atoms with E-state index in [1.54, 1.807) is 19.3 Å². The number of benzene rings is 1. The number of nitrogens with one attached hydrogen (secondary N) is 1. The predicted octanol–water partition coefficient (Wildman–Crippen LogP) is 2.41. The average molecular weight is 261 g/mol. The molecule has 1 rings (SSSR count). The number of rotatable bonds is 7. The van der Waals surface area contributed by atoms with E-state index in [1.807, 2.05) is 25.1 Å². The number of hydrogen-bond donors (Lipinski definition) is 1. The lowest BCUT2D eigenvalue weighted by Gasteiger charge is -2.09. The van der Waals surface area contributed by atoms with Crippen LogP contribution in [0.5, 0.6) is 11.5 Å². The fourth-order valence-electron chi connectivity index (χ4n) is 1.47. The normalized spacial score (nSPS) is 10.2. The van der Waals surface area contributed by atoms with Gasteiger partial charge in [0.2, 0.25) is 5.91 Å². The molecule has 0 radical (unpaired) electrons. The SMILES string of the molecule is C=CCNC(=O)/C=C/c1ccc(OC)c(OCC)c1. The molecular weight excluding hydrogens is 242 g/mol. The molecular formula is C15H19NO3. The van der Waals surface area contributed by atoms with Crippen molar-refractivity contribution in [2.75, 3.05) is 20.3 Å². The van der Waals surface area contributed by atoms with E-state index in [4.69, 9.17) is 9.47 Å². The Balaban J connectivity index is 2.78. The third-order valence-electron chi connectivity index (χ3n) is 2.34. The number of carbonyl (C=O) groups is 1. The van der Waals surface area contributed by atoms with Gasteiger partial charge in [-0.3, -0.25) is 4.79 Å². The smallest absolute Gasteiger partial charge is 0.244 e. The van der Waals surface area contributed by atoms with Gasteiger partial charge in [-0.1, -0.05) is 12.1 Å². The summed E-state index contributed by atoms with van der Waals surface area (Å²) in [6.07, 6.45) is 4.83. The van der Waals surface area contributed by atoms with Crippen molar-refractivity contribution in [1.82, 2.24) is 5.32 Å². The van der Waals surface area contributed by atoms with Crippen LogP contribution < -0.4 is 14.8 Å². The Kier molecular flexibility index (Phi) is 6.22. The number of ether oxygens (including phenoxy) is 2. The number of carbonyl (C=O) groups excluding carboxylic acids is 1. The number of amides is 1. The summed E-state index contributed by atoms with van der Waals surface area (Å²) in [4.78, 5) is 11.4. The quantitative estimate of drug-likeness (QED) is 0.605. The van der Waals surface area contributed by atoms with Crippen molar-refractivity contribution >= 4 is 12.0 Å². The van der Waals surface area contributed by atoms with Gasteiger partial charge in [-0.15, -0.1) is 6.58 Å². The van der Waals surface area contributed by atoms with Crippen LogP contribution in [0.4, 0.5) is 0 Å². The lowest BCUT2D eigenvalue weighted by Crippen LogP contribution is -2.20. The first kappa shape index (κ1) is 14.8. The third kappa shape index (κ3) is 4.87. The molecule has 0 saturated carbocycles. The van der Waals surface area contributed by atoms with Crippen LogP contribution in [0.1, 0.15) is 12.5 Å². The van der Waals surface area contributed by atoms with E-state index in [2.05, 4.69) is 11.9 Å². The molecule has 1 amide bonds. The van der Waals surface area contributed by atoms with E-state index in [0.717, 1.165) is 5.56 Å². The Hall–Kier alpha value is -2.23. The van der Waals surface area contributed by atoms with Crippen LogP contribution in [0.25, 0.3) is 6.08 Å². The maximum Gasteiger partial charge on any atom is 0.244 e. The molecule has 19 heavy (non-hydrogen) atoms. The topological polar surface area (TPSA) is 47.6 Å². The van der Waals surface area contributed by atoms with Crippen LogP contribution in [-0.2, 0) is 4.79 Å². The minimum absolute atomic E-state index is 0.159. The van der Waals surface area contributed by atoms with Crippen LogP contribution in [0, 0.1) is 0 Å². The molecule has 0 aromatic heterocycles. The van der Waals surface area contributed by atoms with Gasteiger partial charge >= 0.3 is 0 Å². The second-order valence-corrected chi connectivity index (χ2v) is 3.71. The molecule has 0 fully saturated rings. The molecule has 1 aromatic carbocycles. The molecule has 0 atom stereocenters. The van der Waals surface area contributed by atoms with Crippen molar-refractivity contribution in [2.24, 2.45) is 0 Å². The minimum Gasteiger partial charge on any atom is -0.493 e. The van der Waals surface area contributed by atoms with E-state index in [9.17, 15) is 4.79 Å². The Morgan fingerprint density at radius 2 is 2.21 bits per heavy atom. The zero-order chi connectivity index (χ0) is 14.1. The summed E-state index contributed by atoms with van der Waals surface area (Å²) in [6.45, 7) is 6.45. The summed E-state index contributed by atoms with van der Waals surface area (Å²) in [6, 6.07) is 5.50. The second kappa shape index (κ2) is 7.97. The highest BCUT2D eigenvalue weighted by molar-refractivity contribution is 5.91. The fourth-order valence-corrected chi connectivity index (χ4v) is 1.47. The molecule has 0 aliphatic carbocycles. The fraction of sp³-hybridized carbons (Fsp3) is 0.267. The van der Waals surface area contributed by atoms with E-state index in [-0.39, 0.29) is 5.91 Å². The van der Waals surface area contributed by atoms with Crippen molar-refractivity contribution in [3.05, 3.63) is 42.5 Å². The first-order valence-electron chi connectivity index (χ1n) is 6.09. The van der Waals surface area contributed by atoms with Crippen molar-refractivity contribution in [1.29, 1.82) is 0 Å². The van der Waals surface area contributed by atoms with Crippen molar-refractivity contribution in [2.45, 2.75) is 6.92 Å². The molecule has 4 heteroatoms. The van der Waals surface area contributed by atoms with E-state index in [1.165, 1.54) is 6.08 Å². The van der Waals surface area contributed by atoms with Crippen LogP contribution in [0.3, 0.4) is 0 Å². The van der Waals surface area contributed by atoms with Crippen molar-refractivity contribution in [3.63, 3.8) is 0 Å². The Morgan fingerprint density at radius 1 is 1.42 bits per heavy atom. The maximum atomic E-state index is 11.4. The summed E-state index contributed by atoms with van der Waals surface area (Å²) in [7, 11) is 1.59. The molecule has 0 aliphatic rings. The summed E-state index contributed by atoms with van der Waals surface area (Å²) in [5.74, 6) is 1.18. The lowest BCUT2D eigenvalue weighted by molar-refractivity contribution is -0.116. The highest BCUT2D eigenvalue weighted by atomic mass is 16.5. The summed E-state index contributed by atoms with van der Waals surface area (Å²) in [5, 5.41) is 2.67. The molecule has 0 heterocycles. The summed E-state index contributed by atoms with van der Waals surface area (Å²) in [5.41, 5.74) is 0.873. The maximum absolute atomic E-state index is 11.4. The Labute approximate surface area is 113 Å². The van der Waals surface area contributed by atoms with Crippen molar-refractivity contribution in [3.8, 4) is 11.5 Å². The molecule has 1 aromatic rings. The van der Waals surface area contributed by atoms with Crippen LogP contribution in [-0.4, -0.2) is 26.2 Å². The summed E-state index contributed by atoms with van der Waals surface area (Å²) < 4.78 is 10.7. The monoisotopic (exact) mass is 261 g/mol. The van der Waals surface area contributed by atoms with Crippen LogP contribution in [0.2, 0.25) is 0 Å². The van der Waals surface area contributed by atoms with Gasteiger partial charge in [0.05, 0.1) is 13.7 Å². The minimum atomic E-state index is -0.159. The second-order valence-electron chi connectivity index (χ2n) is 3.71. The van der Waals surface area contributed by atoms with Gasteiger partial charge in [0.25, 0.3) is 0 Å².